The van der Waals surface area contributed by atoms with Crippen molar-refractivity contribution in [1.29, 1.82) is 0 Å². The number of hydrogen-bond donors (Lipinski definition) is 0. The highest BCUT2D eigenvalue weighted by atomic mass is 35.5. The Balaban J connectivity index is 2.37. The Morgan fingerprint density at radius 2 is 1.85 bits per heavy atom. The van der Waals surface area contributed by atoms with Crippen LogP contribution in [0.5, 0.6) is 0 Å². The third-order valence-electron chi connectivity index (χ3n) is 2.50. The van der Waals surface area contributed by atoms with Crippen molar-refractivity contribution in [2.75, 3.05) is 0 Å². The van der Waals surface area contributed by atoms with Gasteiger partial charge in [-0.3, -0.25) is 9.78 Å². The van der Waals surface area contributed by atoms with Gasteiger partial charge in [-0.2, -0.15) is 13.2 Å². The summed E-state index contributed by atoms with van der Waals surface area (Å²) >= 11 is 5.60. The maximum absolute atomic E-state index is 13.4. The number of ketones is 1. The molecule has 1 aromatic carbocycles. The molecule has 2 nitrogen and oxygen atoms in total. The predicted molar refractivity (Wildman–Crippen MR) is 64.1 cm³/mol. The first-order valence-corrected chi connectivity index (χ1v) is 5.70. The van der Waals surface area contributed by atoms with E-state index in [0.29, 0.717) is 17.2 Å². The Kier molecular flexibility index (Phi) is 3.76. The molecule has 1 heterocycles. The van der Waals surface area contributed by atoms with Gasteiger partial charge in [0.1, 0.15) is 11.5 Å². The first-order chi connectivity index (χ1) is 9.29. The molecule has 2 rings (SSSR count). The zero-order valence-corrected chi connectivity index (χ0v) is 10.5. The molecular weight excluding hydrogens is 298 g/mol. The summed E-state index contributed by atoms with van der Waals surface area (Å²) in [4.78, 5) is 15.6. The van der Waals surface area contributed by atoms with E-state index in [0.717, 1.165) is 6.07 Å². The van der Waals surface area contributed by atoms with E-state index in [1.54, 1.807) is 0 Å². The van der Waals surface area contributed by atoms with Gasteiger partial charge in [-0.05, 0) is 24.3 Å². The van der Waals surface area contributed by atoms with Crippen LogP contribution in [0.25, 0.3) is 0 Å². The van der Waals surface area contributed by atoms with Crippen molar-refractivity contribution in [1.82, 2.24) is 4.98 Å². The van der Waals surface area contributed by atoms with E-state index < -0.39 is 23.3 Å². The molecule has 7 heteroatoms. The number of pyridine rings is 1. The maximum atomic E-state index is 13.4. The van der Waals surface area contributed by atoms with Crippen LogP contribution in [0.15, 0.2) is 36.5 Å². The van der Waals surface area contributed by atoms with Gasteiger partial charge in [0.05, 0.1) is 10.6 Å². The fraction of sp³-hybridized carbons (Fsp3) is 0.0769. The lowest BCUT2D eigenvalue weighted by Crippen LogP contribution is -2.10. The van der Waals surface area contributed by atoms with E-state index in [1.807, 2.05) is 0 Å². The summed E-state index contributed by atoms with van der Waals surface area (Å²) in [6.45, 7) is 0. The van der Waals surface area contributed by atoms with E-state index in [4.69, 9.17) is 11.6 Å². The molecule has 0 aliphatic carbocycles. The first-order valence-electron chi connectivity index (χ1n) is 5.32. The molecule has 0 spiro atoms. The lowest BCUT2D eigenvalue weighted by molar-refractivity contribution is -0.140. The Morgan fingerprint density at radius 3 is 2.35 bits per heavy atom. The van der Waals surface area contributed by atoms with E-state index in [1.165, 1.54) is 18.3 Å². The van der Waals surface area contributed by atoms with Crippen LogP contribution < -0.4 is 0 Å². The van der Waals surface area contributed by atoms with Crippen LogP contribution in [0, 0.1) is 5.82 Å². The molecule has 0 aliphatic heterocycles. The Morgan fingerprint density at radius 1 is 1.15 bits per heavy atom. The molecule has 20 heavy (non-hydrogen) atoms. The van der Waals surface area contributed by atoms with Crippen LogP contribution in [0.1, 0.15) is 21.6 Å². The number of benzene rings is 1. The van der Waals surface area contributed by atoms with Gasteiger partial charge < -0.3 is 0 Å². The SMILES string of the molecule is O=C(c1ccc(C(F)(F)F)c(F)c1)c1ccc(Cl)cn1. The van der Waals surface area contributed by atoms with Crippen molar-refractivity contribution in [3.05, 3.63) is 64.2 Å². The molecule has 0 saturated carbocycles. The fourth-order valence-corrected chi connectivity index (χ4v) is 1.66. The van der Waals surface area contributed by atoms with Crippen molar-refractivity contribution in [2.45, 2.75) is 6.18 Å². The van der Waals surface area contributed by atoms with Crippen LogP contribution >= 0.6 is 11.6 Å². The summed E-state index contributed by atoms with van der Waals surface area (Å²) in [5, 5.41) is 0.306. The summed E-state index contributed by atoms with van der Waals surface area (Å²) in [6.07, 6.45) is -3.58. The molecule has 0 amide bonds. The number of nitrogens with zero attached hydrogens (tertiary/aromatic N) is 1. The normalized spacial score (nSPS) is 11.4. The minimum Gasteiger partial charge on any atom is -0.287 e. The average Bonchev–Trinajstić information content (AvgIpc) is 2.37. The predicted octanol–water partition coefficient (Wildman–Crippen LogP) is 4.12. The van der Waals surface area contributed by atoms with Gasteiger partial charge in [0.15, 0.2) is 0 Å². The quantitative estimate of drug-likeness (QED) is 0.617. The zero-order chi connectivity index (χ0) is 14.9. The molecule has 104 valence electrons. The van der Waals surface area contributed by atoms with Crippen molar-refractivity contribution in [2.24, 2.45) is 0 Å². The third kappa shape index (κ3) is 2.96. The highest BCUT2D eigenvalue weighted by Crippen LogP contribution is 2.31. The van der Waals surface area contributed by atoms with Gasteiger partial charge in [0, 0.05) is 11.8 Å². The summed E-state index contributed by atoms with van der Waals surface area (Å²) in [5.74, 6) is -2.19. The zero-order valence-electron chi connectivity index (χ0n) is 9.71. The van der Waals surface area contributed by atoms with Crippen LogP contribution in [-0.2, 0) is 6.18 Å². The molecule has 0 aliphatic rings. The molecule has 0 saturated heterocycles. The van der Waals surface area contributed by atoms with E-state index in [9.17, 15) is 22.4 Å². The second kappa shape index (κ2) is 5.20. The van der Waals surface area contributed by atoms with Crippen LogP contribution in [-0.4, -0.2) is 10.8 Å². The van der Waals surface area contributed by atoms with Gasteiger partial charge in [0.25, 0.3) is 0 Å². The second-order valence-corrected chi connectivity index (χ2v) is 4.32. The van der Waals surface area contributed by atoms with E-state index in [2.05, 4.69) is 4.98 Å². The number of carbonyl (C=O) groups is 1. The number of carbonyl (C=O) groups excluding carboxylic acids is 1. The minimum absolute atomic E-state index is 0.0337. The maximum Gasteiger partial charge on any atom is 0.419 e. The molecule has 0 fully saturated rings. The van der Waals surface area contributed by atoms with E-state index in [-0.39, 0.29) is 11.3 Å². The molecule has 1 aromatic heterocycles. The highest BCUT2D eigenvalue weighted by molar-refractivity contribution is 6.30. The molecule has 0 atom stereocenters. The van der Waals surface area contributed by atoms with Gasteiger partial charge >= 0.3 is 6.18 Å². The number of aromatic nitrogens is 1. The lowest BCUT2D eigenvalue weighted by atomic mass is 10.0. The summed E-state index contributed by atoms with van der Waals surface area (Å²) in [5.41, 5.74) is -1.67. The van der Waals surface area contributed by atoms with Crippen LogP contribution in [0.2, 0.25) is 5.02 Å². The second-order valence-electron chi connectivity index (χ2n) is 3.88. The van der Waals surface area contributed by atoms with Crippen molar-refractivity contribution in [3.63, 3.8) is 0 Å². The standard InChI is InChI=1S/C13H6ClF4NO/c14-8-2-4-11(19-6-8)12(20)7-1-3-9(10(15)5-7)13(16,17)18/h1-6H. The molecular formula is C13H6ClF4NO. The fourth-order valence-electron chi connectivity index (χ4n) is 1.54. The lowest BCUT2D eigenvalue weighted by Gasteiger charge is -2.08. The molecule has 0 unspecified atom stereocenters. The first kappa shape index (κ1) is 14.5. The van der Waals surface area contributed by atoms with Crippen molar-refractivity contribution >= 4 is 17.4 Å². The number of hydrogen-bond acceptors (Lipinski definition) is 2. The molecule has 2 aromatic rings. The minimum atomic E-state index is -4.80. The Labute approximate surface area is 116 Å². The number of alkyl halides is 3. The Hall–Kier alpha value is -1.95. The molecule has 0 N–H and O–H groups in total. The van der Waals surface area contributed by atoms with Crippen molar-refractivity contribution in [3.8, 4) is 0 Å². The Bertz CT molecular complexity index is 652. The highest BCUT2D eigenvalue weighted by Gasteiger charge is 2.34. The van der Waals surface area contributed by atoms with Crippen LogP contribution in [0.4, 0.5) is 17.6 Å². The van der Waals surface area contributed by atoms with Crippen molar-refractivity contribution < 1.29 is 22.4 Å². The summed E-state index contributed by atoms with van der Waals surface area (Å²) in [7, 11) is 0. The van der Waals surface area contributed by atoms with Gasteiger partial charge in [0.2, 0.25) is 5.78 Å². The average molecular weight is 304 g/mol. The van der Waals surface area contributed by atoms with E-state index >= 15 is 0 Å². The third-order valence-corrected chi connectivity index (χ3v) is 2.72. The molecule has 0 bridgehead atoms. The van der Waals surface area contributed by atoms with Gasteiger partial charge in [-0.15, -0.1) is 0 Å². The monoisotopic (exact) mass is 303 g/mol. The van der Waals surface area contributed by atoms with Gasteiger partial charge in [-0.25, -0.2) is 4.39 Å². The van der Waals surface area contributed by atoms with Crippen LogP contribution in [0.3, 0.4) is 0 Å². The van der Waals surface area contributed by atoms with Gasteiger partial charge in [-0.1, -0.05) is 17.7 Å². The number of rotatable bonds is 2. The smallest absolute Gasteiger partial charge is 0.287 e. The summed E-state index contributed by atoms with van der Waals surface area (Å²) < 4.78 is 50.6. The number of halogens is 5. The molecule has 0 radical (unpaired) electrons. The topological polar surface area (TPSA) is 30.0 Å². The largest absolute Gasteiger partial charge is 0.419 e. The summed E-state index contributed by atoms with van der Waals surface area (Å²) in [6, 6.07) is 4.69.